The molecule has 1 amide bonds. The standard InChI is InChI=1S/C20H30N2O4/c1-15-11-16(2)13-18(12-15)26-10-7-19(23)22-8-4-5-17(6-9-22)21(3)14-20(24)25/h11-13,17H,4-10,14H2,1-3H3,(H,24,25). The SMILES string of the molecule is Cc1cc(C)cc(OCCC(=O)N2CCCC(N(C)CC(=O)O)CC2)c1. The van der Waals surface area contributed by atoms with Gasteiger partial charge in [0.2, 0.25) is 5.91 Å². The van der Waals surface area contributed by atoms with Crippen molar-refractivity contribution in [1.29, 1.82) is 0 Å². The van der Waals surface area contributed by atoms with Gasteiger partial charge in [0.15, 0.2) is 0 Å². The molecule has 1 aliphatic heterocycles. The van der Waals surface area contributed by atoms with Crippen molar-refractivity contribution in [3.8, 4) is 5.75 Å². The van der Waals surface area contributed by atoms with E-state index in [2.05, 4.69) is 6.07 Å². The van der Waals surface area contributed by atoms with E-state index in [1.807, 2.05) is 42.8 Å². The number of rotatable bonds is 7. The molecule has 1 aromatic carbocycles. The summed E-state index contributed by atoms with van der Waals surface area (Å²) in [4.78, 5) is 27.1. The van der Waals surface area contributed by atoms with Crippen LogP contribution in [0.4, 0.5) is 0 Å². The first-order valence-corrected chi connectivity index (χ1v) is 9.26. The third-order valence-electron chi connectivity index (χ3n) is 4.84. The predicted molar refractivity (Wildman–Crippen MR) is 101 cm³/mol. The lowest BCUT2D eigenvalue weighted by atomic mass is 10.1. The monoisotopic (exact) mass is 362 g/mol. The average Bonchev–Trinajstić information content (AvgIpc) is 2.79. The number of carboxylic acid groups (broad SMARTS) is 1. The molecule has 0 aliphatic carbocycles. The number of hydrogen-bond donors (Lipinski definition) is 1. The fourth-order valence-electron chi connectivity index (χ4n) is 3.54. The van der Waals surface area contributed by atoms with Crippen LogP contribution in [0.3, 0.4) is 0 Å². The van der Waals surface area contributed by atoms with Crippen molar-refractivity contribution >= 4 is 11.9 Å². The molecule has 6 heteroatoms. The quantitative estimate of drug-likeness (QED) is 0.807. The Kier molecular flexibility index (Phi) is 7.45. The number of amides is 1. The number of aryl methyl sites for hydroxylation is 2. The van der Waals surface area contributed by atoms with Crippen molar-refractivity contribution in [2.24, 2.45) is 0 Å². The van der Waals surface area contributed by atoms with Gasteiger partial charge < -0.3 is 14.7 Å². The number of ether oxygens (including phenoxy) is 1. The van der Waals surface area contributed by atoms with Crippen LogP contribution in [0.1, 0.15) is 36.8 Å². The largest absolute Gasteiger partial charge is 0.493 e. The van der Waals surface area contributed by atoms with Crippen molar-refractivity contribution in [2.75, 3.05) is 33.3 Å². The zero-order valence-electron chi connectivity index (χ0n) is 16.0. The van der Waals surface area contributed by atoms with Gasteiger partial charge in [-0.15, -0.1) is 0 Å². The Morgan fingerprint density at radius 1 is 1.19 bits per heavy atom. The number of nitrogens with zero attached hydrogens (tertiary/aromatic N) is 2. The molecule has 144 valence electrons. The van der Waals surface area contributed by atoms with E-state index in [-0.39, 0.29) is 18.5 Å². The van der Waals surface area contributed by atoms with E-state index in [9.17, 15) is 9.59 Å². The van der Waals surface area contributed by atoms with Crippen molar-refractivity contribution < 1.29 is 19.4 Å². The molecule has 0 aromatic heterocycles. The molecular weight excluding hydrogens is 332 g/mol. The third kappa shape index (κ3) is 6.33. The second-order valence-electron chi connectivity index (χ2n) is 7.20. The maximum atomic E-state index is 12.5. The topological polar surface area (TPSA) is 70.1 Å². The second-order valence-corrected chi connectivity index (χ2v) is 7.20. The molecule has 2 rings (SSSR count). The maximum absolute atomic E-state index is 12.5. The highest BCUT2D eigenvalue weighted by molar-refractivity contribution is 5.76. The molecule has 26 heavy (non-hydrogen) atoms. The van der Waals surface area contributed by atoms with Crippen molar-refractivity contribution in [3.63, 3.8) is 0 Å². The van der Waals surface area contributed by atoms with Crippen LogP contribution in [0.2, 0.25) is 0 Å². The summed E-state index contributed by atoms with van der Waals surface area (Å²) in [7, 11) is 1.84. The van der Waals surface area contributed by atoms with Crippen LogP contribution in [0, 0.1) is 13.8 Å². The number of benzene rings is 1. The Balaban J connectivity index is 1.78. The van der Waals surface area contributed by atoms with Gasteiger partial charge in [-0.1, -0.05) is 6.07 Å². The Morgan fingerprint density at radius 2 is 1.88 bits per heavy atom. The Morgan fingerprint density at radius 3 is 2.54 bits per heavy atom. The van der Waals surface area contributed by atoms with Crippen LogP contribution in [0.25, 0.3) is 0 Å². The second kappa shape index (κ2) is 9.57. The normalized spacial score (nSPS) is 17.8. The lowest BCUT2D eigenvalue weighted by molar-refractivity contribution is -0.138. The van der Waals surface area contributed by atoms with Crippen molar-refractivity contribution in [1.82, 2.24) is 9.80 Å². The van der Waals surface area contributed by atoms with Crippen LogP contribution < -0.4 is 4.74 Å². The number of carboxylic acids is 1. The molecule has 1 fully saturated rings. The van der Waals surface area contributed by atoms with E-state index in [4.69, 9.17) is 9.84 Å². The number of likely N-dealkylation sites (tertiary alicyclic amines) is 1. The average molecular weight is 362 g/mol. The predicted octanol–water partition coefficient (Wildman–Crippen LogP) is 2.47. The van der Waals surface area contributed by atoms with Crippen LogP contribution in [0.5, 0.6) is 5.75 Å². The van der Waals surface area contributed by atoms with Gasteiger partial charge in [-0.25, -0.2) is 0 Å². The lowest BCUT2D eigenvalue weighted by Crippen LogP contribution is -2.37. The van der Waals surface area contributed by atoms with Gasteiger partial charge in [0.05, 0.1) is 19.6 Å². The summed E-state index contributed by atoms with van der Waals surface area (Å²) in [5.74, 6) is 0.102. The first kappa shape index (κ1) is 20.2. The third-order valence-corrected chi connectivity index (χ3v) is 4.84. The molecule has 0 bridgehead atoms. The van der Waals surface area contributed by atoms with Gasteiger partial charge in [0, 0.05) is 19.1 Å². The Labute approximate surface area is 155 Å². The van der Waals surface area contributed by atoms with Crippen LogP contribution in [-0.2, 0) is 9.59 Å². The number of carbonyl (C=O) groups excluding carboxylic acids is 1. The minimum atomic E-state index is -0.812. The first-order valence-electron chi connectivity index (χ1n) is 9.26. The van der Waals surface area contributed by atoms with Crippen LogP contribution in [-0.4, -0.2) is 66.1 Å². The van der Waals surface area contributed by atoms with E-state index >= 15 is 0 Å². The zero-order valence-corrected chi connectivity index (χ0v) is 16.0. The van der Waals surface area contributed by atoms with Gasteiger partial charge in [-0.3, -0.25) is 14.5 Å². The van der Waals surface area contributed by atoms with E-state index < -0.39 is 5.97 Å². The van der Waals surface area contributed by atoms with Gasteiger partial charge in [-0.05, 0) is 63.4 Å². The van der Waals surface area contributed by atoms with E-state index in [1.54, 1.807) is 0 Å². The summed E-state index contributed by atoms with van der Waals surface area (Å²) < 4.78 is 5.74. The van der Waals surface area contributed by atoms with Gasteiger partial charge in [-0.2, -0.15) is 0 Å². The summed E-state index contributed by atoms with van der Waals surface area (Å²) in [6, 6.07) is 6.27. The minimum absolute atomic E-state index is 0.0440. The molecule has 0 spiro atoms. The van der Waals surface area contributed by atoms with Gasteiger partial charge in [0.1, 0.15) is 5.75 Å². The summed E-state index contributed by atoms with van der Waals surface area (Å²) >= 11 is 0. The molecular formula is C20H30N2O4. The molecule has 1 unspecified atom stereocenters. The lowest BCUT2D eigenvalue weighted by Gasteiger charge is -2.25. The molecule has 1 aromatic rings. The highest BCUT2D eigenvalue weighted by atomic mass is 16.5. The van der Waals surface area contributed by atoms with E-state index in [0.29, 0.717) is 19.6 Å². The van der Waals surface area contributed by atoms with E-state index in [0.717, 1.165) is 42.7 Å². The molecule has 1 saturated heterocycles. The molecule has 1 N–H and O–H groups in total. The first-order chi connectivity index (χ1) is 12.3. The summed E-state index contributed by atoms with van der Waals surface area (Å²) in [5, 5.41) is 8.93. The molecule has 1 aliphatic rings. The maximum Gasteiger partial charge on any atom is 0.317 e. The number of likely N-dealkylation sites (N-methyl/N-ethyl adjacent to an activating group) is 1. The van der Waals surface area contributed by atoms with Crippen LogP contribution in [0.15, 0.2) is 18.2 Å². The van der Waals surface area contributed by atoms with Gasteiger partial charge in [0.25, 0.3) is 0 Å². The minimum Gasteiger partial charge on any atom is -0.493 e. The fraction of sp³-hybridized carbons (Fsp3) is 0.600. The Bertz CT molecular complexity index is 612. The van der Waals surface area contributed by atoms with E-state index in [1.165, 1.54) is 0 Å². The summed E-state index contributed by atoms with van der Waals surface area (Å²) in [5.41, 5.74) is 2.30. The van der Waals surface area contributed by atoms with Crippen LogP contribution >= 0.6 is 0 Å². The fourth-order valence-corrected chi connectivity index (χ4v) is 3.54. The van der Waals surface area contributed by atoms with Crippen molar-refractivity contribution in [2.45, 2.75) is 45.6 Å². The molecule has 0 saturated carbocycles. The number of aliphatic carboxylic acids is 1. The molecule has 0 radical (unpaired) electrons. The summed E-state index contributed by atoms with van der Waals surface area (Å²) in [6.45, 7) is 5.89. The molecule has 6 nitrogen and oxygen atoms in total. The number of hydrogen-bond acceptors (Lipinski definition) is 4. The molecule has 1 heterocycles. The summed E-state index contributed by atoms with van der Waals surface area (Å²) in [6.07, 6.45) is 3.00. The smallest absolute Gasteiger partial charge is 0.317 e. The zero-order chi connectivity index (χ0) is 19.1. The Hall–Kier alpha value is -2.08. The van der Waals surface area contributed by atoms with Gasteiger partial charge >= 0.3 is 5.97 Å². The molecule has 1 atom stereocenters. The van der Waals surface area contributed by atoms with Crippen molar-refractivity contribution in [3.05, 3.63) is 29.3 Å². The highest BCUT2D eigenvalue weighted by Crippen LogP contribution is 2.18. The highest BCUT2D eigenvalue weighted by Gasteiger charge is 2.23. The number of carbonyl (C=O) groups is 2.